The number of benzene rings is 1. The Morgan fingerprint density at radius 1 is 1.06 bits per heavy atom. The molecule has 0 atom stereocenters. The van der Waals surface area contributed by atoms with E-state index < -0.39 is 0 Å². The monoisotopic (exact) mass is 282 g/mol. The summed E-state index contributed by atoms with van der Waals surface area (Å²) in [6.07, 6.45) is 0. The third-order valence-corrected chi connectivity index (χ3v) is 3.42. The maximum absolute atomic E-state index is 6.01. The Labute approximate surface area is 116 Å². The molecule has 0 amide bonds. The van der Waals surface area contributed by atoms with E-state index in [-0.39, 0.29) is 0 Å². The molecular weight excluding hydrogens is 271 g/mol. The fourth-order valence-electron chi connectivity index (χ4n) is 1.61. The third kappa shape index (κ3) is 2.42. The molecule has 0 aliphatic carbocycles. The highest BCUT2D eigenvalue weighted by Gasteiger charge is 2.10. The van der Waals surface area contributed by atoms with Crippen LogP contribution in [-0.2, 0) is 0 Å². The van der Waals surface area contributed by atoms with Crippen LogP contribution in [-0.4, -0.2) is 17.1 Å². The molecule has 94 valence electrons. The summed E-state index contributed by atoms with van der Waals surface area (Å²) < 4.78 is 5.21. The van der Waals surface area contributed by atoms with Gasteiger partial charge >= 0.3 is 0 Å². The lowest BCUT2D eigenvalue weighted by atomic mass is 10.1. The normalized spacial score (nSPS) is 10.5. The largest absolute Gasteiger partial charge is 0.496 e. The van der Waals surface area contributed by atoms with Crippen LogP contribution >= 0.6 is 23.2 Å². The van der Waals surface area contributed by atoms with E-state index in [1.807, 2.05) is 25.1 Å². The average Bonchev–Trinajstić information content (AvgIpc) is 2.35. The van der Waals surface area contributed by atoms with E-state index in [2.05, 4.69) is 9.97 Å². The molecule has 5 heteroatoms. The van der Waals surface area contributed by atoms with E-state index in [1.54, 1.807) is 14.0 Å². The van der Waals surface area contributed by atoms with Gasteiger partial charge in [-0.2, -0.15) is 0 Å². The summed E-state index contributed by atoms with van der Waals surface area (Å²) in [5.74, 6) is 1.34. The fraction of sp³-hybridized carbons (Fsp3) is 0.231. The summed E-state index contributed by atoms with van der Waals surface area (Å²) in [6.45, 7) is 3.74. The molecule has 0 aliphatic heterocycles. The number of halogens is 2. The SMILES string of the molecule is COc1ccc(-c2nc(Cl)c(C)c(Cl)n2)cc1C. The van der Waals surface area contributed by atoms with E-state index in [0.717, 1.165) is 16.9 Å². The molecule has 0 spiro atoms. The topological polar surface area (TPSA) is 35.0 Å². The van der Waals surface area contributed by atoms with Gasteiger partial charge in [-0.25, -0.2) is 9.97 Å². The van der Waals surface area contributed by atoms with E-state index >= 15 is 0 Å². The molecular formula is C13H12Cl2N2O. The van der Waals surface area contributed by atoms with Crippen molar-refractivity contribution in [3.8, 4) is 17.1 Å². The Balaban J connectivity index is 2.52. The predicted octanol–water partition coefficient (Wildman–Crippen LogP) is 4.08. The Bertz CT molecular complexity index is 577. The van der Waals surface area contributed by atoms with Gasteiger partial charge in [-0.1, -0.05) is 23.2 Å². The van der Waals surface area contributed by atoms with Crippen molar-refractivity contribution < 1.29 is 4.74 Å². The van der Waals surface area contributed by atoms with Crippen molar-refractivity contribution in [1.82, 2.24) is 9.97 Å². The van der Waals surface area contributed by atoms with Crippen LogP contribution in [0.5, 0.6) is 5.75 Å². The molecule has 0 aliphatic rings. The summed E-state index contributed by atoms with van der Waals surface area (Å²) >= 11 is 12.0. The Kier molecular flexibility index (Phi) is 3.73. The van der Waals surface area contributed by atoms with Crippen molar-refractivity contribution in [3.05, 3.63) is 39.6 Å². The summed E-state index contributed by atoms with van der Waals surface area (Å²) in [6, 6.07) is 5.69. The summed E-state index contributed by atoms with van der Waals surface area (Å²) in [5.41, 5.74) is 2.55. The molecule has 0 saturated heterocycles. The Hall–Kier alpha value is -1.32. The van der Waals surface area contributed by atoms with Crippen LogP contribution in [0, 0.1) is 13.8 Å². The van der Waals surface area contributed by atoms with E-state index in [4.69, 9.17) is 27.9 Å². The maximum atomic E-state index is 6.01. The molecule has 0 bridgehead atoms. The van der Waals surface area contributed by atoms with Gasteiger partial charge in [0.15, 0.2) is 5.82 Å². The standard InChI is InChI=1S/C13H12Cl2N2O/c1-7-6-9(4-5-10(7)18-3)13-16-11(14)8(2)12(15)17-13/h4-6H,1-3H3. The predicted molar refractivity (Wildman–Crippen MR) is 73.5 cm³/mol. The first-order chi connectivity index (χ1) is 8.52. The van der Waals surface area contributed by atoms with Gasteiger partial charge in [-0.3, -0.25) is 0 Å². The number of nitrogens with zero attached hydrogens (tertiary/aromatic N) is 2. The zero-order valence-corrected chi connectivity index (χ0v) is 11.8. The van der Waals surface area contributed by atoms with Crippen LogP contribution in [0.15, 0.2) is 18.2 Å². The van der Waals surface area contributed by atoms with Crippen molar-refractivity contribution >= 4 is 23.2 Å². The van der Waals surface area contributed by atoms with E-state index in [9.17, 15) is 0 Å². The third-order valence-electron chi connectivity index (χ3n) is 2.68. The van der Waals surface area contributed by atoms with Gasteiger partial charge in [0.2, 0.25) is 0 Å². The summed E-state index contributed by atoms with van der Waals surface area (Å²) in [7, 11) is 1.64. The second-order valence-corrected chi connectivity index (χ2v) is 4.65. The minimum Gasteiger partial charge on any atom is -0.496 e. The van der Waals surface area contributed by atoms with Crippen LogP contribution in [0.2, 0.25) is 10.3 Å². The van der Waals surface area contributed by atoms with Crippen LogP contribution in [0.25, 0.3) is 11.4 Å². The first-order valence-electron chi connectivity index (χ1n) is 5.37. The number of methoxy groups -OCH3 is 1. The number of aromatic nitrogens is 2. The van der Waals surface area contributed by atoms with Gasteiger partial charge in [-0.15, -0.1) is 0 Å². The number of hydrogen-bond donors (Lipinski definition) is 0. The molecule has 2 aromatic rings. The lowest BCUT2D eigenvalue weighted by molar-refractivity contribution is 0.412. The average molecular weight is 283 g/mol. The van der Waals surface area contributed by atoms with Gasteiger partial charge in [0.05, 0.1) is 7.11 Å². The second-order valence-electron chi connectivity index (χ2n) is 3.94. The number of hydrogen-bond acceptors (Lipinski definition) is 3. The molecule has 0 N–H and O–H groups in total. The summed E-state index contributed by atoms with van der Waals surface area (Å²) in [5, 5.41) is 0.747. The van der Waals surface area contributed by atoms with Crippen molar-refractivity contribution in [2.45, 2.75) is 13.8 Å². The van der Waals surface area contributed by atoms with E-state index in [0.29, 0.717) is 21.7 Å². The molecule has 18 heavy (non-hydrogen) atoms. The molecule has 2 rings (SSSR count). The van der Waals surface area contributed by atoms with Gasteiger partial charge in [0.25, 0.3) is 0 Å². The van der Waals surface area contributed by atoms with Crippen LogP contribution in [0.3, 0.4) is 0 Å². The zero-order valence-electron chi connectivity index (χ0n) is 10.3. The molecule has 3 nitrogen and oxygen atoms in total. The van der Waals surface area contributed by atoms with Gasteiger partial charge in [0, 0.05) is 11.1 Å². The quantitative estimate of drug-likeness (QED) is 0.779. The lowest BCUT2D eigenvalue weighted by Gasteiger charge is -2.08. The molecule has 0 radical (unpaired) electrons. The van der Waals surface area contributed by atoms with Gasteiger partial charge in [0.1, 0.15) is 16.1 Å². The van der Waals surface area contributed by atoms with E-state index in [1.165, 1.54) is 0 Å². The lowest BCUT2D eigenvalue weighted by Crippen LogP contribution is -1.95. The van der Waals surface area contributed by atoms with Gasteiger partial charge in [-0.05, 0) is 37.6 Å². The first kappa shape index (κ1) is 13.1. The van der Waals surface area contributed by atoms with Crippen LogP contribution in [0.4, 0.5) is 0 Å². The Morgan fingerprint density at radius 3 is 2.17 bits per heavy atom. The summed E-state index contributed by atoms with van der Waals surface area (Å²) in [4.78, 5) is 8.46. The molecule has 1 aromatic carbocycles. The highest BCUT2D eigenvalue weighted by atomic mass is 35.5. The number of aryl methyl sites for hydroxylation is 1. The smallest absolute Gasteiger partial charge is 0.162 e. The van der Waals surface area contributed by atoms with Gasteiger partial charge < -0.3 is 4.74 Å². The second kappa shape index (κ2) is 5.12. The highest BCUT2D eigenvalue weighted by Crippen LogP contribution is 2.27. The van der Waals surface area contributed by atoms with Crippen molar-refractivity contribution in [2.24, 2.45) is 0 Å². The fourth-order valence-corrected chi connectivity index (χ4v) is 2.00. The van der Waals surface area contributed by atoms with Crippen LogP contribution < -0.4 is 4.74 Å². The molecule has 1 heterocycles. The highest BCUT2D eigenvalue weighted by molar-refractivity contribution is 6.34. The Morgan fingerprint density at radius 2 is 1.67 bits per heavy atom. The zero-order chi connectivity index (χ0) is 13.3. The molecule has 0 unspecified atom stereocenters. The van der Waals surface area contributed by atoms with Crippen molar-refractivity contribution in [3.63, 3.8) is 0 Å². The van der Waals surface area contributed by atoms with Crippen LogP contribution in [0.1, 0.15) is 11.1 Å². The molecule has 0 fully saturated rings. The minimum absolute atomic E-state index is 0.374. The minimum atomic E-state index is 0.374. The first-order valence-corrected chi connectivity index (χ1v) is 6.13. The number of ether oxygens (including phenoxy) is 1. The number of rotatable bonds is 2. The van der Waals surface area contributed by atoms with Crippen molar-refractivity contribution in [1.29, 1.82) is 0 Å². The van der Waals surface area contributed by atoms with Crippen molar-refractivity contribution in [2.75, 3.05) is 7.11 Å². The molecule has 0 saturated carbocycles. The molecule has 1 aromatic heterocycles. The maximum Gasteiger partial charge on any atom is 0.162 e.